The summed E-state index contributed by atoms with van der Waals surface area (Å²) < 4.78 is 0. The number of aliphatic imine (C=N–C) groups is 1. The van der Waals surface area contributed by atoms with E-state index < -0.39 is 0 Å². The van der Waals surface area contributed by atoms with Gasteiger partial charge in [-0.15, -0.1) is 0 Å². The number of hydrogen-bond acceptors (Lipinski definition) is 3. The fraction of sp³-hybridized carbons (Fsp3) is 0.393. The van der Waals surface area contributed by atoms with Gasteiger partial charge in [0.25, 0.3) is 0 Å². The van der Waals surface area contributed by atoms with Gasteiger partial charge in [0.05, 0.1) is 11.8 Å². The SMILES string of the molecule is C=C(O)C1CCCCN1Cc1cccc(CCCC2=CCC(c3ccc(C)cc3)=N2)c1. The van der Waals surface area contributed by atoms with Crippen molar-refractivity contribution in [3.8, 4) is 0 Å². The molecule has 0 bridgehead atoms. The van der Waals surface area contributed by atoms with Gasteiger partial charge < -0.3 is 5.11 Å². The fourth-order valence-corrected chi connectivity index (χ4v) is 4.71. The monoisotopic (exact) mass is 414 g/mol. The van der Waals surface area contributed by atoms with Crippen molar-refractivity contribution >= 4 is 5.71 Å². The quantitative estimate of drug-likeness (QED) is 0.499. The summed E-state index contributed by atoms with van der Waals surface area (Å²) in [5.41, 5.74) is 7.66. The molecule has 1 saturated heterocycles. The van der Waals surface area contributed by atoms with Crippen molar-refractivity contribution in [2.75, 3.05) is 6.54 Å². The van der Waals surface area contributed by atoms with Crippen LogP contribution in [0.5, 0.6) is 0 Å². The lowest BCUT2D eigenvalue weighted by molar-refractivity contribution is 0.128. The van der Waals surface area contributed by atoms with Gasteiger partial charge in [0.15, 0.2) is 0 Å². The summed E-state index contributed by atoms with van der Waals surface area (Å²) in [6.45, 7) is 7.83. The van der Waals surface area contributed by atoms with Crippen LogP contribution in [0.3, 0.4) is 0 Å². The molecule has 2 heterocycles. The molecule has 1 N–H and O–H groups in total. The van der Waals surface area contributed by atoms with Gasteiger partial charge in [-0.25, -0.2) is 0 Å². The van der Waals surface area contributed by atoms with Crippen molar-refractivity contribution in [3.63, 3.8) is 0 Å². The molecule has 31 heavy (non-hydrogen) atoms. The number of hydrogen-bond donors (Lipinski definition) is 1. The molecule has 2 aliphatic rings. The Morgan fingerprint density at radius 3 is 2.71 bits per heavy atom. The van der Waals surface area contributed by atoms with E-state index in [4.69, 9.17) is 4.99 Å². The number of benzene rings is 2. The maximum absolute atomic E-state index is 9.95. The highest BCUT2D eigenvalue weighted by molar-refractivity contribution is 6.03. The molecule has 0 radical (unpaired) electrons. The number of aryl methyl sites for hydroxylation is 2. The average molecular weight is 415 g/mol. The molecule has 0 aromatic heterocycles. The Bertz CT molecular complexity index is 971. The second-order valence-corrected chi connectivity index (χ2v) is 8.97. The lowest BCUT2D eigenvalue weighted by Gasteiger charge is -2.35. The molecule has 4 rings (SSSR count). The number of rotatable bonds is 8. The second kappa shape index (κ2) is 10.1. The van der Waals surface area contributed by atoms with Crippen LogP contribution in [0.15, 0.2) is 77.6 Å². The Labute approximate surface area is 186 Å². The molecule has 1 atom stereocenters. The van der Waals surface area contributed by atoms with Crippen molar-refractivity contribution < 1.29 is 5.11 Å². The minimum absolute atomic E-state index is 0.104. The van der Waals surface area contributed by atoms with Crippen LogP contribution in [0.2, 0.25) is 0 Å². The first-order valence-corrected chi connectivity index (χ1v) is 11.6. The number of aliphatic hydroxyl groups excluding tert-OH is 1. The van der Waals surface area contributed by atoms with Crippen LogP contribution >= 0.6 is 0 Å². The minimum Gasteiger partial charge on any atom is -0.511 e. The topological polar surface area (TPSA) is 35.8 Å². The van der Waals surface area contributed by atoms with Gasteiger partial charge >= 0.3 is 0 Å². The standard InChI is InChI=1S/C28H34N2O/c1-21-12-14-25(15-13-21)27-17-16-26(29-27)10-6-8-23-7-5-9-24(19-23)20-30-18-4-3-11-28(30)22(2)31/h5,7,9,12-16,19,28,31H,2-4,6,8,10-11,17-18,20H2,1H3. The Balaban J connectivity index is 1.30. The third-order valence-corrected chi connectivity index (χ3v) is 6.47. The summed E-state index contributed by atoms with van der Waals surface area (Å²) in [6.07, 6.45) is 9.81. The lowest BCUT2D eigenvalue weighted by Crippen LogP contribution is -2.39. The summed E-state index contributed by atoms with van der Waals surface area (Å²) >= 11 is 0. The van der Waals surface area contributed by atoms with Crippen molar-refractivity contribution in [2.45, 2.75) is 64.5 Å². The van der Waals surface area contributed by atoms with Gasteiger partial charge in [-0.2, -0.15) is 0 Å². The Morgan fingerprint density at radius 2 is 1.90 bits per heavy atom. The molecular weight excluding hydrogens is 380 g/mol. The molecule has 0 saturated carbocycles. The molecule has 3 nitrogen and oxygen atoms in total. The first-order chi connectivity index (χ1) is 15.1. The van der Waals surface area contributed by atoms with E-state index in [1.165, 1.54) is 46.5 Å². The second-order valence-electron chi connectivity index (χ2n) is 8.97. The first-order valence-electron chi connectivity index (χ1n) is 11.6. The molecule has 2 aromatic rings. The van der Waals surface area contributed by atoms with E-state index >= 15 is 0 Å². The van der Waals surface area contributed by atoms with Crippen molar-refractivity contribution in [2.24, 2.45) is 4.99 Å². The van der Waals surface area contributed by atoms with E-state index in [9.17, 15) is 5.11 Å². The van der Waals surface area contributed by atoms with Gasteiger partial charge in [-0.3, -0.25) is 9.89 Å². The van der Waals surface area contributed by atoms with E-state index in [0.717, 1.165) is 45.2 Å². The zero-order chi connectivity index (χ0) is 21.6. The van der Waals surface area contributed by atoms with Crippen LogP contribution in [0.25, 0.3) is 0 Å². The zero-order valence-corrected chi connectivity index (χ0v) is 18.7. The van der Waals surface area contributed by atoms with E-state index in [1.54, 1.807) is 0 Å². The molecule has 162 valence electrons. The third-order valence-electron chi connectivity index (χ3n) is 6.47. The summed E-state index contributed by atoms with van der Waals surface area (Å²) in [4.78, 5) is 7.25. The predicted molar refractivity (Wildman–Crippen MR) is 130 cm³/mol. The maximum atomic E-state index is 9.95. The van der Waals surface area contributed by atoms with Crippen molar-refractivity contribution in [1.29, 1.82) is 0 Å². The smallest absolute Gasteiger partial charge is 0.102 e. The van der Waals surface area contributed by atoms with E-state index in [1.807, 2.05) is 0 Å². The van der Waals surface area contributed by atoms with Gasteiger partial charge in [0, 0.05) is 18.7 Å². The number of allylic oxidation sites excluding steroid dienone is 2. The molecular formula is C28H34N2O. The van der Waals surface area contributed by atoms with E-state index in [0.29, 0.717) is 5.76 Å². The van der Waals surface area contributed by atoms with Crippen LogP contribution in [-0.4, -0.2) is 28.3 Å². The summed E-state index contributed by atoms with van der Waals surface area (Å²) in [5, 5.41) is 9.95. The van der Waals surface area contributed by atoms with Crippen LogP contribution in [0, 0.1) is 6.92 Å². The predicted octanol–water partition coefficient (Wildman–Crippen LogP) is 6.52. The Hall–Kier alpha value is -2.65. The number of aliphatic hydroxyl groups is 1. The first kappa shape index (κ1) is 21.6. The number of likely N-dealkylation sites (tertiary alicyclic amines) is 1. The molecule has 0 aliphatic carbocycles. The van der Waals surface area contributed by atoms with Crippen LogP contribution in [0.1, 0.15) is 60.8 Å². The number of piperidine rings is 1. The Morgan fingerprint density at radius 1 is 1.10 bits per heavy atom. The van der Waals surface area contributed by atoms with Crippen LogP contribution < -0.4 is 0 Å². The average Bonchev–Trinajstić information content (AvgIpc) is 3.24. The van der Waals surface area contributed by atoms with Gasteiger partial charge in [0.2, 0.25) is 0 Å². The molecule has 3 heteroatoms. The fourth-order valence-electron chi connectivity index (χ4n) is 4.71. The van der Waals surface area contributed by atoms with Gasteiger partial charge in [-0.05, 0) is 62.3 Å². The summed E-state index contributed by atoms with van der Waals surface area (Å²) in [5.74, 6) is 0.311. The highest BCUT2D eigenvalue weighted by atomic mass is 16.3. The zero-order valence-electron chi connectivity index (χ0n) is 18.7. The summed E-state index contributed by atoms with van der Waals surface area (Å²) in [7, 11) is 0. The highest BCUT2D eigenvalue weighted by Gasteiger charge is 2.24. The normalized spacial score (nSPS) is 19.2. The molecule has 0 spiro atoms. The van der Waals surface area contributed by atoms with E-state index in [2.05, 4.69) is 73.0 Å². The van der Waals surface area contributed by atoms with Crippen LogP contribution in [0.4, 0.5) is 0 Å². The maximum Gasteiger partial charge on any atom is 0.102 e. The minimum atomic E-state index is 0.104. The van der Waals surface area contributed by atoms with Gasteiger partial charge in [-0.1, -0.05) is 73.2 Å². The lowest BCUT2D eigenvalue weighted by atomic mass is 9.99. The number of nitrogens with zero attached hydrogens (tertiary/aromatic N) is 2. The molecule has 2 aromatic carbocycles. The molecule has 1 unspecified atom stereocenters. The summed E-state index contributed by atoms with van der Waals surface area (Å²) in [6, 6.07) is 17.7. The molecule has 1 fully saturated rings. The van der Waals surface area contributed by atoms with Crippen molar-refractivity contribution in [3.05, 3.63) is 94.9 Å². The van der Waals surface area contributed by atoms with Crippen molar-refractivity contribution in [1.82, 2.24) is 4.90 Å². The molecule has 2 aliphatic heterocycles. The van der Waals surface area contributed by atoms with E-state index in [-0.39, 0.29) is 6.04 Å². The van der Waals surface area contributed by atoms with Crippen LogP contribution in [-0.2, 0) is 13.0 Å². The highest BCUT2D eigenvalue weighted by Crippen LogP contribution is 2.24. The van der Waals surface area contributed by atoms with Gasteiger partial charge in [0.1, 0.15) is 5.76 Å². The largest absolute Gasteiger partial charge is 0.511 e. The third kappa shape index (κ3) is 5.74. The Kier molecular flexibility index (Phi) is 7.03. The molecule has 0 amide bonds.